The third-order valence-corrected chi connectivity index (χ3v) is 3.70. The highest BCUT2D eigenvalue weighted by atomic mass is 35.5. The zero-order chi connectivity index (χ0) is 9.84. The fraction of sp³-hybridized carbons (Fsp3) is 0.600. The Morgan fingerprint density at radius 1 is 1.54 bits per heavy atom. The summed E-state index contributed by atoms with van der Waals surface area (Å²) in [5.41, 5.74) is 5.94. The van der Waals surface area contributed by atoms with Gasteiger partial charge in [-0.2, -0.15) is 0 Å². The van der Waals surface area contributed by atoms with Crippen LogP contribution in [-0.2, 0) is 6.42 Å². The van der Waals surface area contributed by atoms with Crippen LogP contribution in [0, 0.1) is 5.92 Å². The number of halogens is 1. The molecule has 0 radical (unpaired) electrons. The molecule has 0 fully saturated rings. The molecule has 0 aliphatic rings. The minimum Gasteiger partial charge on any atom is -0.327 e. The first-order valence-electron chi connectivity index (χ1n) is 4.58. The molecule has 1 heterocycles. The van der Waals surface area contributed by atoms with Crippen LogP contribution >= 0.6 is 22.9 Å². The number of hydrogen-bond donors (Lipinski definition) is 1. The first-order valence-corrected chi connectivity index (χ1v) is 5.84. The normalized spacial score (nSPS) is 13.6. The van der Waals surface area contributed by atoms with Crippen LogP contribution in [0.1, 0.15) is 25.1 Å². The SMILES string of the molecule is CC(C)C(N)CCc1sccc1Cl. The monoisotopic (exact) mass is 217 g/mol. The highest BCUT2D eigenvalue weighted by molar-refractivity contribution is 7.10. The van der Waals surface area contributed by atoms with E-state index in [1.807, 2.05) is 11.4 Å². The van der Waals surface area contributed by atoms with Gasteiger partial charge in [0, 0.05) is 10.9 Å². The van der Waals surface area contributed by atoms with Crippen molar-refractivity contribution in [1.29, 1.82) is 0 Å². The predicted molar refractivity (Wildman–Crippen MR) is 60.5 cm³/mol. The minimum absolute atomic E-state index is 0.290. The quantitative estimate of drug-likeness (QED) is 0.823. The molecule has 1 aromatic rings. The molecule has 0 saturated heterocycles. The van der Waals surface area contributed by atoms with E-state index in [9.17, 15) is 0 Å². The molecule has 1 aromatic heterocycles. The molecule has 0 aliphatic carbocycles. The molecule has 2 N–H and O–H groups in total. The van der Waals surface area contributed by atoms with Crippen LogP contribution in [0.25, 0.3) is 0 Å². The van der Waals surface area contributed by atoms with Crippen molar-refractivity contribution >= 4 is 22.9 Å². The Labute approximate surface area is 88.9 Å². The standard InChI is InChI=1S/C10H16ClNS/c1-7(2)9(12)3-4-10-8(11)5-6-13-10/h5-7,9H,3-4,12H2,1-2H3. The number of rotatable bonds is 4. The van der Waals surface area contributed by atoms with Crippen molar-refractivity contribution in [2.45, 2.75) is 32.7 Å². The zero-order valence-electron chi connectivity index (χ0n) is 8.09. The maximum atomic E-state index is 5.97. The second kappa shape index (κ2) is 4.99. The summed E-state index contributed by atoms with van der Waals surface area (Å²) in [4.78, 5) is 1.26. The summed E-state index contributed by atoms with van der Waals surface area (Å²) < 4.78 is 0. The Balaban J connectivity index is 2.39. The average molecular weight is 218 g/mol. The Morgan fingerprint density at radius 2 is 2.23 bits per heavy atom. The maximum Gasteiger partial charge on any atom is 0.0544 e. The molecule has 1 rings (SSSR count). The molecular formula is C10H16ClNS. The van der Waals surface area contributed by atoms with E-state index in [1.54, 1.807) is 11.3 Å². The zero-order valence-corrected chi connectivity index (χ0v) is 9.66. The van der Waals surface area contributed by atoms with Crippen LogP contribution in [0.2, 0.25) is 5.02 Å². The lowest BCUT2D eigenvalue weighted by molar-refractivity contribution is 0.465. The van der Waals surface area contributed by atoms with E-state index >= 15 is 0 Å². The van der Waals surface area contributed by atoms with Crippen molar-refractivity contribution < 1.29 is 0 Å². The van der Waals surface area contributed by atoms with Gasteiger partial charge in [0.1, 0.15) is 0 Å². The predicted octanol–water partition coefficient (Wildman–Crippen LogP) is 3.32. The smallest absolute Gasteiger partial charge is 0.0544 e. The van der Waals surface area contributed by atoms with Gasteiger partial charge in [-0.1, -0.05) is 25.4 Å². The van der Waals surface area contributed by atoms with Gasteiger partial charge in [-0.3, -0.25) is 0 Å². The van der Waals surface area contributed by atoms with Gasteiger partial charge in [0.05, 0.1) is 5.02 Å². The van der Waals surface area contributed by atoms with Gasteiger partial charge in [-0.15, -0.1) is 11.3 Å². The summed E-state index contributed by atoms with van der Waals surface area (Å²) in [6, 6.07) is 2.24. The molecule has 74 valence electrons. The third kappa shape index (κ3) is 3.29. The van der Waals surface area contributed by atoms with Gasteiger partial charge in [-0.25, -0.2) is 0 Å². The van der Waals surface area contributed by atoms with Gasteiger partial charge < -0.3 is 5.73 Å². The summed E-state index contributed by atoms with van der Waals surface area (Å²) in [5, 5.41) is 2.92. The van der Waals surface area contributed by atoms with Crippen LogP contribution in [0.3, 0.4) is 0 Å². The highest BCUT2D eigenvalue weighted by Gasteiger charge is 2.09. The molecule has 0 bridgehead atoms. The van der Waals surface area contributed by atoms with Crippen LogP contribution in [-0.4, -0.2) is 6.04 Å². The topological polar surface area (TPSA) is 26.0 Å². The largest absolute Gasteiger partial charge is 0.327 e. The van der Waals surface area contributed by atoms with E-state index in [1.165, 1.54) is 4.88 Å². The Bertz CT molecular complexity index is 257. The molecule has 1 unspecified atom stereocenters. The number of aryl methyl sites for hydroxylation is 1. The maximum absolute atomic E-state index is 5.97. The number of nitrogens with two attached hydrogens (primary N) is 1. The van der Waals surface area contributed by atoms with E-state index < -0.39 is 0 Å². The number of thiophene rings is 1. The summed E-state index contributed by atoms with van der Waals surface area (Å²) in [6.45, 7) is 4.31. The van der Waals surface area contributed by atoms with Crippen LogP contribution in [0.15, 0.2) is 11.4 Å². The molecule has 0 aliphatic heterocycles. The highest BCUT2D eigenvalue weighted by Crippen LogP contribution is 2.24. The van der Waals surface area contributed by atoms with E-state index in [0.29, 0.717) is 5.92 Å². The van der Waals surface area contributed by atoms with Crippen molar-refractivity contribution in [2.75, 3.05) is 0 Å². The average Bonchev–Trinajstić information content (AvgIpc) is 2.47. The molecule has 0 amide bonds. The van der Waals surface area contributed by atoms with E-state index in [4.69, 9.17) is 17.3 Å². The fourth-order valence-electron chi connectivity index (χ4n) is 1.13. The second-order valence-corrected chi connectivity index (χ2v) is 5.05. The van der Waals surface area contributed by atoms with E-state index in [2.05, 4.69) is 13.8 Å². The molecule has 3 heteroatoms. The molecule has 0 saturated carbocycles. The number of hydrogen-bond acceptors (Lipinski definition) is 2. The van der Waals surface area contributed by atoms with Crippen molar-refractivity contribution in [3.05, 3.63) is 21.3 Å². The second-order valence-electron chi connectivity index (χ2n) is 3.64. The van der Waals surface area contributed by atoms with Crippen molar-refractivity contribution in [2.24, 2.45) is 11.7 Å². The van der Waals surface area contributed by atoms with E-state index in [0.717, 1.165) is 17.9 Å². The van der Waals surface area contributed by atoms with Gasteiger partial charge in [0.25, 0.3) is 0 Å². The summed E-state index contributed by atoms with van der Waals surface area (Å²) in [6.07, 6.45) is 2.04. The summed E-state index contributed by atoms with van der Waals surface area (Å²) in [7, 11) is 0. The van der Waals surface area contributed by atoms with Gasteiger partial charge in [0.15, 0.2) is 0 Å². The summed E-state index contributed by atoms with van der Waals surface area (Å²) in [5.74, 6) is 0.554. The van der Waals surface area contributed by atoms with E-state index in [-0.39, 0.29) is 6.04 Å². The first kappa shape index (κ1) is 11.0. The Kier molecular flexibility index (Phi) is 4.23. The van der Waals surface area contributed by atoms with Crippen LogP contribution in [0.4, 0.5) is 0 Å². The molecule has 13 heavy (non-hydrogen) atoms. The lowest BCUT2D eigenvalue weighted by atomic mass is 10.0. The van der Waals surface area contributed by atoms with Gasteiger partial charge in [-0.05, 0) is 30.2 Å². The Hall–Kier alpha value is -0.0500. The lowest BCUT2D eigenvalue weighted by Gasteiger charge is -2.14. The minimum atomic E-state index is 0.290. The fourth-order valence-corrected chi connectivity index (χ4v) is 2.29. The molecule has 0 spiro atoms. The lowest BCUT2D eigenvalue weighted by Crippen LogP contribution is -2.26. The van der Waals surface area contributed by atoms with Crippen LogP contribution < -0.4 is 5.73 Å². The molecule has 1 atom stereocenters. The van der Waals surface area contributed by atoms with Gasteiger partial charge in [0.2, 0.25) is 0 Å². The van der Waals surface area contributed by atoms with Crippen molar-refractivity contribution in [1.82, 2.24) is 0 Å². The first-order chi connectivity index (χ1) is 6.11. The summed E-state index contributed by atoms with van der Waals surface area (Å²) >= 11 is 7.69. The molecule has 0 aromatic carbocycles. The Morgan fingerprint density at radius 3 is 2.69 bits per heavy atom. The molecular weight excluding hydrogens is 202 g/mol. The van der Waals surface area contributed by atoms with Crippen molar-refractivity contribution in [3.8, 4) is 0 Å². The van der Waals surface area contributed by atoms with Crippen molar-refractivity contribution in [3.63, 3.8) is 0 Å². The third-order valence-electron chi connectivity index (χ3n) is 2.25. The van der Waals surface area contributed by atoms with Crippen LogP contribution in [0.5, 0.6) is 0 Å². The van der Waals surface area contributed by atoms with Gasteiger partial charge >= 0.3 is 0 Å². The molecule has 1 nitrogen and oxygen atoms in total.